The molecule has 0 bridgehead atoms. The van der Waals surface area contributed by atoms with Gasteiger partial charge in [-0.05, 0) is 36.6 Å². The highest BCUT2D eigenvalue weighted by Gasteiger charge is 2.11. The van der Waals surface area contributed by atoms with Crippen LogP contribution in [-0.4, -0.2) is 16.9 Å². The molecule has 0 radical (unpaired) electrons. The normalized spacial score (nSPS) is 12.3. The summed E-state index contributed by atoms with van der Waals surface area (Å²) in [5.74, 6) is -0.0196. The first kappa shape index (κ1) is 21.4. The summed E-state index contributed by atoms with van der Waals surface area (Å²) in [6.45, 7) is 3.80. The molecule has 2 rings (SSSR count). The quantitative estimate of drug-likeness (QED) is 0.862. The van der Waals surface area contributed by atoms with E-state index in [2.05, 4.69) is 10.3 Å². The zero-order valence-electron chi connectivity index (χ0n) is 13.2. The highest BCUT2D eigenvalue weighted by molar-refractivity contribution is 5.85. The van der Waals surface area contributed by atoms with Gasteiger partial charge in [-0.25, -0.2) is 0 Å². The van der Waals surface area contributed by atoms with Crippen molar-refractivity contribution in [1.82, 2.24) is 10.3 Å². The minimum atomic E-state index is -0.120. The molecule has 0 saturated heterocycles. The van der Waals surface area contributed by atoms with E-state index in [1.165, 1.54) is 0 Å². The Morgan fingerprint density at radius 2 is 1.78 bits per heavy atom. The third-order valence-electron chi connectivity index (χ3n) is 3.29. The first-order chi connectivity index (χ1) is 10.1. The zero-order valence-corrected chi connectivity index (χ0v) is 14.9. The van der Waals surface area contributed by atoms with Gasteiger partial charge < -0.3 is 11.1 Å². The summed E-state index contributed by atoms with van der Waals surface area (Å²) in [7, 11) is 0. The van der Waals surface area contributed by atoms with Crippen molar-refractivity contribution < 1.29 is 4.79 Å². The Morgan fingerprint density at radius 1 is 1.13 bits per heavy atom. The molecule has 0 aliphatic carbocycles. The van der Waals surface area contributed by atoms with Gasteiger partial charge in [0.2, 0.25) is 5.91 Å². The molecular formula is C17H23Cl2N3O. The maximum Gasteiger partial charge on any atom is 0.222 e. The molecule has 2 aromatic rings. The molecule has 0 fully saturated rings. The van der Waals surface area contributed by atoms with Crippen molar-refractivity contribution in [3.05, 3.63) is 54.4 Å². The molecular weight excluding hydrogens is 333 g/mol. The second-order valence-electron chi connectivity index (χ2n) is 5.33. The van der Waals surface area contributed by atoms with Crippen molar-refractivity contribution in [2.24, 2.45) is 5.73 Å². The predicted molar refractivity (Wildman–Crippen MR) is 99.0 cm³/mol. The van der Waals surface area contributed by atoms with E-state index in [0.29, 0.717) is 6.42 Å². The number of rotatable bonds is 5. The average molecular weight is 356 g/mol. The topological polar surface area (TPSA) is 68.0 Å². The molecule has 6 heteroatoms. The summed E-state index contributed by atoms with van der Waals surface area (Å²) >= 11 is 0. The number of carbonyl (C=O) groups is 1. The van der Waals surface area contributed by atoms with E-state index >= 15 is 0 Å². The van der Waals surface area contributed by atoms with Gasteiger partial charge in [0.1, 0.15) is 0 Å². The second-order valence-corrected chi connectivity index (χ2v) is 5.33. The average Bonchev–Trinajstić information content (AvgIpc) is 2.47. The number of halogens is 2. The molecule has 1 aromatic carbocycles. The van der Waals surface area contributed by atoms with Crippen LogP contribution in [0.1, 0.15) is 31.9 Å². The van der Waals surface area contributed by atoms with Crippen molar-refractivity contribution in [1.29, 1.82) is 0 Å². The highest BCUT2D eigenvalue weighted by atomic mass is 35.5. The number of nitrogens with zero attached hydrogens (tertiary/aromatic N) is 1. The molecule has 126 valence electrons. The number of pyridine rings is 1. The number of hydrogen-bond donors (Lipinski definition) is 2. The third kappa shape index (κ3) is 6.57. The number of benzene rings is 1. The minimum Gasteiger partial charge on any atom is -0.350 e. The maximum atomic E-state index is 11.7. The number of carbonyl (C=O) groups excluding carboxylic acids is 1. The molecule has 1 aromatic heterocycles. The van der Waals surface area contributed by atoms with E-state index in [0.717, 1.165) is 16.7 Å². The van der Waals surface area contributed by atoms with E-state index < -0.39 is 0 Å². The second kappa shape index (κ2) is 10.2. The van der Waals surface area contributed by atoms with E-state index in [1.807, 2.05) is 56.4 Å². The fourth-order valence-electron chi connectivity index (χ4n) is 2.17. The van der Waals surface area contributed by atoms with Crippen molar-refractivity contribution in [2.45, 2.75) is 32.4 Å². The molecule has 1 heterocycles. The number of aromatic nitrogens is 1. The third-order valence-corrected chi connectivity index (χ3v) is 3.29. The van der Waals surface area contributed by atoms with Crippen LogP contribution < -0.4 is 11.1 Å². The molecule has 0 aliphatic heterocycles. The fourth-order valence-corrected chi connectivity index (χ4v) is 2.17. The first-order valence-corrected chi connectivity index (χ1v) is 7.11. The highest BCUT2D eigenvalue weighted by Crippen LogP contribution is 2.21. The molecule has 4 nitrogen and oxygen atoms in total. The number of hydrogen-bond acceptors (Lipinski definition) is 3. The lowest BCUT2D eigenvalue weighted by Gasteiger charge is -2.15. The molecule has 0 spiro atoms. The largest absolute Gasteiger partial charge is 0.350 e. The molecule has 23 heavy (non-hydrogen) atoms. The van der Waals surface area contributed by atoms with Gasteiger partial charge >= 0.3 is 0 Å². The Bertz CT molecular complexity index is 589. The minimum absolute atomic E-state index is 0. The maximum absolute atomic E-state index is 11.7. The predicted octanol–water partition coefficient (Wildman–Crippen LogP) is 3.51. The van der Waals surface area contributed by atoms with Gasteiger partial charge in [0.05, 0.1) is 6.04 Å². The van der Waals surface area contributed by atoms with E-state index in [-0.39, 0.29) is 42.8 Å². The number of nitrogens with one attached hydrogen (secondary N) is 1. The Hall–Kier alpha value is -1.62. The van der Waals surface area contributed by atoms with E-state index in [4.69, 9.17) is 5.73 Å². The Balaban J connectivity index is 0.00000242. The summed E-state index contributed by atoms with van der Waals surface area (Å²) in [5, 5.41) is 2.96. The van der Waals surface area contributed by atoms with Crippen molar-refractivity contribution in [2.75, 3.05) is 0 Å². The van der Waals surface area contributed by atoms with Crippen molar-refractivity contribution in [3.63, 3.8) is 0 Å². The lowest BCUT2D eigenvalue weighted by Crippen LogP contribution is -2.31. The Morgan fingerprint density at radius 3 is 2.30 bits per heavy atom. The van der Waals surface area contributed by atoms with Gasteiger partial charge in [0.15, 0.2) is 0 Å². The molecule has 3 N–H and O–H groups in total. The summed E-state index contributed by atoms with van der Waals surface area (Å²) in [5.41, 5.74) is 8.89. The number of amides is 1. The van der Waals surface area contributed by atoms with Crippen LogP contribution in [0.5, 0.6) is 0 Å². The van der Waals surface area contributed by atoms with Crippen LogP contribution in [0.3, 0.4) is 0 Å². The Kier molecular flexibility index (Phi) is 9.49. The summed E-state index contributed by atoms with van der Waals surface area (Å²) in [4.78, 5) is 15.8. The van der Waals surface area contributed by atoms with Crippen LogP contribution in [0.2, 0.25) is 0 Å². The van der Waals surface area contributed by atoms with Crippen LogP contribution in [0.25, 0.3) is 11.1 Å². The van der Waals surface area contributed by atoms with Crippen LogP contribution >= 0.6 is 24.8 Å². The van der Waals surface area contributed by atoms with Crippen LogP contribution in [-0.2, 0) is 4.79 Å². The molecule has 0 aliphatic rings. The van der Waals surface area contributed by atoms with Crippen LogP contribution in [0, 0.1) is 0 Å². The standard InChI is InChI=1S/C17H21N3O.2ClH/c1-12(18)10-17(21)20-13(2)14-5-7-15(8-6-14)16-4-3-9-19-11-16;;/h3-9,11-13H,10,18H2,1-2H3,(H,20,21);2*1H. The van der Waals surface area contributed by atoms with Crippen LogP contribution in [0.4, 0.5) is 0 Å². The van der Waals surface area contributed by atoms with Gasteiger partial charge in [0, 0.05) is 24.9 Å². The van der Waals surface area contributed by atoms with Gasteiger partial charge in [-0.15, -0.1) is 24.8 Å². The first-order valence-electron chi connectivity index (χ1n) is 7.11. The zero-order chi connectivity index (χ0) is 15.2. The lowest BCUT2D eigenvalue weighted by atomic mass is 10.0. The van der Waals surface area contributed by atoms with Crippen LogP contribution in [0.15, 0.2) is 48.8 Å². The SMILES string of the molecule is CC(N)CC(=O)NC(C)c1ccc(-c2cccnc2)cc1.Cl.Cl. The molecule has 2 unspecified atom stereocenters. The van der Waals surface area contributed by atoms with Gasteiger partial charge in [-0.1, -0.05) is 30.3 Å². The monoisotopic (exact) mass is 355 g/mol. The fraction of sp³-hybridized carbons (Fsp3) is 0.294. The summed E-state index contributed by atoms with van der Waals surface area (Å²) < 4.78 is 0. The summed E-state index contributed by atoms with van der Waals surface area (Å²) in [6.07, 6.45) is 3.94. The number of nitrogens with two attached hydrogens (primary N) is 1. The molecule has 1 amide bonds. The Labute approximate surface area is 149 Å². The summed E-state index contributed by atoms with van der Waals surface area (Å²) in [6, 6.07) is 11.9. The van der Waals surface area contributed by atoms with E-state index in [9.17, 15) is 4.79 Å². The van der Waals surface area contributed by atoms with Gasteiger partial charge in [-0.2, -0.15) is 0 Å². The molecule has 0 saturated carbocycles. The molecule has 2 atom stereocenters. The lowest BCUT2D eigenvalue weighted by molar-refractivity contribution is -0.122. The van der Waals surface area contributed by atoms with Gasteiger partial charge in [0.25, 0.3) is 0 Å². The van der Waals surface area contributed by atoms with Crippen molar-refractivity contribution in [3.8, 4) is 11.1 Å². The van der Waals surface area contributed by atoms with Crippen molar-refractivity contribution >= 4 is 30.7 Å². The smallest absolute Gasteiger partial charge is 0.222 e. The van der Waals surface area contributed by atoms with E-state index in [1.54, 1.807) is 6.20 Å². The van der Waals surface area contributed by atoms with Gasteiger partial charge in [-0.3, -0.25) is 9.78 Å².